The monoisotopic (exact) mass is 297 g/mol. The number of ether oxygens (including phenoxy) is 1. The molecule has 1 N–H and O–H groups in total. The number of alkyl halides is 1. The quantitative estimate of drug-likeness (QED) is 0.871. The largest absolute Gasteiger partial charge is 0.493 e. The van der Waals surface area contributed by atoms with Crippen molar-refractivity contribution in [2.45, 2.75) is 25.1 Å². The maximum atomic E-state index is 11.9. The molecule has 1 unspecified atom stereocenters. The Balaban J connectivity index is 2.07. The summed E-state index contributed by atoms with van der Waals surface area (Å²) in [6.07, 6.45) is 0.918. The summed E-state index contributed by atoms with van der Waals surface area (Å²) in [6, 6.07) is 5.78. The van der Waals surface area contributed by atoms with Gasteiger partial charge in [-0.2, -0.15) is 0 Å². The number of carbonyl (C=O) groups excluding carboxylic acids is 1. The van der Waals surface area contributed by atoms with Crippen LogP contribution in [-0.4, -0.2) is 17.3 Å². The molecule has 0 saturated heterocycles. The second-order valence-electron chi connectivity index (χ2n) is 4.56. The fraction of sp³-hybridized carbons (Fsp3) is 0.462. The van der Waals surface area contributed by atoms with Gasteiger partial charge in [0, 0.05) is 12.1 Å². The Kier molecular flexibility index (Phi) is 3.72. The van der Waals surface area contributed by atoms with Crippen molar-refractivity contribution in [3.05, 3.63) is 23.8 Å². The molecule has 1 heterocycles. The van der Waals surface area contributed by atoms with E-state index in [1.165, 1.54) is 5.56 Å². The molecule has 0 aliphatic carbocycles. The van der Waals surface area contributed by atoms with E-state index in [0.29, 0.717) is 0 Å². The van der Waals surface area contributed by atoms with E-state index in [1.807, 2.05) is 32.0 Å². The van der Waals surface area contributed by atoms with Gasteiger partial charge in [0.15, 0.2) is 0 Å². The number of hydrogen-bond donors (Lipinski definition) is 1. The van der Waals surface area contributed by atoms with Crippen LogP contribution < -0.4 is 10.1 Å². The molecule has 0 bridgehead atoms. The van der Waals surface area contributed by atoms with Crippen LogP contribution in [0.25, 0.3) is 0 Å². The molecule has 0 fully saturated rings. The summed E-state index contributed by atoms with van der Waals surface area (Å²) in [5.74, 6) is 1.20. The van der Waals surface area contributed by atoms with Crippen molar-refractivity contribution >= 4 is 27.5 Å². The lowest BCUT2D eigenvalue weighted by Gasteiger charge is -2.14. The van der Waals surface area contributed by atoms with Crippen molar-refractivity contribution in [3.63, 3.8) is 0 Å². The first-order valence-electron chi connectivity index (χ1n) is 5.78. The predicted octanol–water partition coefficient (Wildman–Crippen LogP) is 2.98. The Morgan fingerprint density at radius 3 is 2.94 bits per heavy atom. The fourth-order valence-electron chi connectivity index (χ4n) is 1.78. The van der Waals surface area contributed by atoms with Crippen molar-refractivity contribution < 1.29 is 9.53 Å². The van der Waals surface area contributed by atoms with Gasteiger partial charge in [-0.05, 0) is 29.7 Å². The Morgan fingerprint density at radius 1 is 1.47 bits per heavy atom. The summed E-state index contributed by atoms with van der Waals surface area (Å²) in [4.78, 5) is 11.7. The van der Waals surface area contributed by atoms with Crippen LogP contribution >= 0.6 is 15.9 Å². The number of carbonyl (C=O) groups is 1. The molecule has 3 nitrogen and oxygen atoms in total. The molecule has 1 aromatic carbocycles. The minimum Gasteiger partial charge on any atom is -0.493 e. The van der Waals surface area contributed by atoms with Crippen LogP contribution in [0.4, 0.5) is 5.69 Å². The number of amides is 1. The number of hydrogen-bond acceptors (Lipinski definition) is 2. The first kappa shape index (κ1) is 12.4. The van der Waals surface area contributed by atoms with Crippen molar-refractivity contribution in [1.82, 2.24) is 0 Å². The highest BCUT2D eigenvalue weighted by Gasteiger charge is 2.19. The molecule has 2 rings (SSSR count). The van der Waals surface area contributed by atoms with Crippen LogP contribution in [0, 0.1) is 5.92 Å². The number of halogens is 1. The maximum Gasteiger partial charge on any atom is 0.238 e. The smallest absolute Gasteiger partial charge is 0.238 e. The molecule has 1 amide bonds. The van der Waals surface area contributed by atoms with E-state index in [2.05, 4.69) is 21.2 Å². The molecule has 92 valence electrons. The molecule has 0 radical (unpaired) electrons. The minimum atomic E-state index is -0.160. The molecular formula is C13H16BrNO2. The number of nitrogens with one attached hydrogen (secondary N) is 1. The molecule has 0 saturated carbocycles. The highest BCUT2D eigenvalue weighted by atomic mass is 79.9. The third-order valence-corrected chi connectivity index (χ3v) is 4.27. The predicted molar refractivity (Wildman–Crippen MR) is 71.8 cm³/mol. The Hall–Kier alpha value is -1.03. The van der Waals surface area contributed by atoms with Gasteiger partial charge >= 0.3 is 0 Å². The molecule has 0 aromatic heterocycles. The fourth-order valence-corrected chi connectivity index (χ4v) is 1.89. The van der Waals surface area contributed by atoms with Crippen LogP contribution in [-0.2, 0) is 11.2 Å². The third kappa shape index (κ3) is 2.80. The molecular weight excluding hydrogens is 282 g/mol. The lowest BCUT2D eigenvalue weighted by Crippen LogP contribution is -2.26. The number of anilines is 1. The lowest BCUT2D eigenvalue weighted by molar-refractivity contribution is -0.116. The van der Waals surface area contributed by atoms with Gasteiger partial charge in [0.1, 0.15) is 5.75 Å². The van der Waals surface area contributed by atoms with Crippen LogP contribution in [0.2, 0.25) is 0 Å². The second kappa shape index (κ2) is 5.08. The van der Waals surface area contributed by atoms with Gasteiger partial charge in [0.2, 0.25) is 5.91 Å². The van der Waals surface area contributed by atoms with Gasteiger partial charge in [-0.15, -0.1) is 0 Å². The number of benzene rings is 1. The summed E-state index contributed by atoms with van der Waals surface area (Å²) in [6.45, 7) is 4.75. The van der Waals surface area contributed by atoms with Crippen molar-refractivity contribution in [3.8, 4) is 5.75 Å². The van der Waals surface area contributed by atoms with Gasteiger partial charge in [0.25, 0.3) is 0 Å². The third-order valence-electron chi connectivity index (χ3n) is 2.79. The average molecular weight is 298 g/mol. The first-order chi connectivity index (χ1) is 8.08. The van der Waals surface area contributed by atoms with E-state index in [0.717, 1.165) is 24.5 Å². The summed E-state index contributed by atoms with van der Waals surface area (Å²) in [5, 5.41) is 2.91. The second-order valence-corrected chi connectivity index (χ2v) is 5.54. The number of rotatable bonds is 3. The van der Waals surface area contributed by atoms with Crippen LogP contribution in [0.5, 0.6) is 5.75 Å². The molecule has 1 aromatic rings. The Labute approximate surface area is 110 Å². The van der Waals surface area contributed by atoms with Gasteiger partial charge in [0.05, 0.1) is 11.4 Å². The summed E-state index contributed by atoms with van der Waals surface area (Å²) in [7, 11) is 0. The van der Waals surface area contributed by atoms with Crippen LogP contribution in [0.3, 0.4) is 0 Å². The molecule has 4 heteroatoms. The van der Waals surface area contributed by atoms with Crippen LogP contribution in [0.1, 0.15) is 19.4 Å². The van der Waals surface area contributed by atoms with E-state index < -0.39 is 0 Å². The summed E-state index contributed by atoms with van der Waals surface area (Å²) < 4.78 is 5.42. The molecule has 1 aliphatic rings. The Bertz CT molecular complexity index is 431. The standard InChI is InChI=1S/C13H16BrNO2/c1-8(2)12(14)13(16)15-10-3-4-11-9(7-10)5-6-17-11/h3-4,7-8,12H,5-6H2,1-2H3,(H,15,16). The van der Waals surface area contributed by atoms with Gasteiger partial charge < -0.3 is 10.1 Å². The summed E-state index contributed by atoms with van der Waals surface area (Å²) >= 11 is 3.39. The molecule has 17 heavy (non-hydrogen) atoms. The van der Waals surface area contributed by atoms with E-state index in [9.17, 15) is 4.79 Å². The average Bonchev–Trinajstić information content (AvgIpc) is 2.74. The zero-order valence-corrected chi connectivity index (χ0v) is 11.6. The highest BCUT2D eigenvalue weighted by Crippen LogP contribution is 2.28. The topological polar surface area (TPSA) is 38.3 Å². The lowest BCUT2D eigenvalue weighted by atomic mass is 10.1. The molecule has 0 spiro atoms. The molecule has 1 atom stereocenters. The zero-order valence-electron chi connectivity index (χ0n) is 10.00. The van der Waals surface area contributed by atoms with Crippen molar-refractivity contribution in [1.29, 1.82) is 0 Å². The van der Waals surface area contributed by atoms with E-state index in [-0.39, 0.29) is 16.7 Å². The molecule has 1 aliphatic heterocycles. The van der Waals surface area contributed by atoms with Crippen LogP contribution in [0.15, 0.2) is 18.2 Å². The van der Waals surface area contributed by atoms with Gasteiger partial charge in [-0.3, -0.25) is 4.79 Å². The SMILES string of the molecule is CC(C)C(Br)C(=O)Nc1ccc2c(c1)CCO2. The highest BCUT2D eigenvalue weighted by molar-refractivity contribution is 9.10. The summed E-state index contributed by atoms with van der Waals surface area (Å²) in [5.41, 5.74) is 2.00. The van der Waals surface area contributed by atoms with Gasteiger partial charge in [-0.1, -0.05) is 29.8 Å². The van der Waals surface area contributed by atoms with E-state index in [1.54, 1.807) is 0 Å². The normalized spacial score (nSPS) is 15.3. The van der Waals surface area contributed by atoms with E-state index >= 15 is 0 Å². The maximum absolute atomic E-state index is 11.9. The first-order valence-corrected chi connectivity index (χ1v) is 6.70. The minimum absolute atomic E-state index is 0.00105. The van der Waals surface area contributed by atoms with E-state index in [4.69, 9.17) is 4.74 Å². The Morgan fingerprint density at radius 2 is 2.24 bits per heavy atom. The number of fused-ring (bicyclic) bond motifs is 1. The zero-order chi connectivity index (χ0) is 12.4. The van der Waals surface area contributed by atoms with Gasteiger partial charge in [-0.25, -0.2) is 0 Å². The van der Waals surface area contributed by atoms with Crippen molar-refractivity contribution in [2.24, 2.45) is 5.92 Å². The van der Waals surface area contributed by atoms with Crippen molar-refractivity contribution in [2.75, 3.05) is 11.9 Å².